The van der Waals surface area contributed by atoms with Gasteiger partial charge in [-0.15, -0.1) is 0 Å². The van der Waals surface area contributed by atoms with Crippen LogP contribution in [0.5, 0.6) is 0 Å². The van der Waals surface area contributed by atoms with E-state index in [1.165, 1.54) is 6.92 Å². The molecule has 0 amide bonds. The first kappa shape index (κ1) is 10.5. The van der Waals surface area contributed by atoms with Crippen molar-refractivity contribution in [2.24, 2.45) is 5.73 Å². The smallest absolute Gasteiger partial charge is 0.328 e. The van der Waals surface area contributed by atoms with Crippen LogP contribution in [0.3, 0.4) is 0 Å². The van der Waals surface area contributed by atoms with Crippen molar-refractivity contribution in [1.82, 2.24) is 0 Å². The molecule has 1 unspecified atom stereocenters. The van der Waals surface area contributed by atoms with Gasteiger partial charge >= 0.3 is 5.97 Å². The van der Waals surface area contributed by atoms with E-state index in [4.69, 9.17) is 10.8 Å². The predicted molar refractivity (Wildman–Crippen MR) is 55.7 cm³/mol. The van der Waals surface area contributed by atoms with Crippen molar-refractivity contribution in [3.8, 4) is 0 Å². The van der Waals surface area contributed by atoms with E-state index < -0.39 is 11.5 Å². The van der Waals surface area contributed by atoms with Gasteiger partial charge in [0.1, 0.15) is 5.54 Å². The Balaban J connectivity index is 3.31. The van der Waals surface area contributed by atoms with Crippen LogP contribution < -0.4 is 5.73 Å². The topological polar surface area (TPSA) is 63.3 Å². The number of carbonyl (C=O) groups is 1. The molecule has 0 aliphatic heterocycles. The summed E-state index contributed by atoms with van der Waals surface area (Å²) in [5, 5.41) is 8.96. The fourth-order valence-corrected chi connectivity index (χ4v) is 1.26. The third kappa shape index (κ3) is 1.67. The van der Waals surface area contributed by atoms with Crippen molar-refractivity contribution in [2.75, 3.05) is 0 Å². The Kier molecular flexibility index (Phi) is 2.72. The van der Waals surface area contributed by atoms with E-state index in [-0.39, 0.29) is 0 Å². The summed E-state index contributed by atoms with van der Waals surface area (Å²) in [6.45, 7) is 5.09. The number of hydrogen-bond acceptors (Lipinski definition) is 2. The van der Waals surface area contributed by atoms with E-state index >= 15 is 0 Å². The normalized spacial score (nSPS) is 14.4. The molecule has 0 radical (unpaired) electrons. The molecule has 0 fully saturated rings. The zero-order valence-electron chi connectivity index (χ0n) is 8.03. The second-order valence-corrected chi connectivity index (χ2v) is 3.30. The van der Waals surface area contributed by atoms with Crippen LogP contribution >= 0.6 is 0 Å². The highest BCUT2D eigenvalue weighted by atomic mass is 16.4. The second kappa shape index (κ2) is 3.64. The molecule has 0 heterocycles. The first-order valence-electron chi connectivity index (χ1n) is 4.24. The summed E-state index contributed by atoms with van der Waals surface area (Å²) < 4.78 is 0. The molecule has 3 nitrogen and oxygen atoms in total. The number of hydrogen-bond donors (Lipinski definition) is 2. The van der Waals surface area contributed by atoms with Gasteiger partial charge in [0.2, 0.25) is 0 Å². The standard InChI is InChI=1S/C11H13NO2/c1-3-8-6-4-5-7-9(8)11(2,12)10(13)14/h3-7H,1,12H2,2H3,(H,13,14). The van der Waals surface area contributed by atoms with Gasteiger partial charge in [0, 0.05) is 0 Å². The molecule has 14 heavy (non-hydrogen) atoms. The summed E-state index contributed by atoms with van der Waals surface area (Å²) in [5.74, 6) is -1.05. The average Bonchev–Trinajstić information content (AvgIpc) is 2.17. The molecule has 1 rings (SSSR count). The van der Waals surface area contributed by atoms with Crippen LogP contribution in [0.15, 0.2) is 30.8 Å². The maximum atomic E-state index is 10.9. The lowest BCUT2D eigenvalue weighted by atomic mass is 9.89. The van der Waals surface area contributed by atoms with Crippen LogP contribution in [0.2, 0.25) is 0 Å². The highest BCUT2D eigenvalue weighted by Crippen LogP contribution is 2.22. The van der Waals surface area contributed by atoms with E-state index in [1.807, 2.05) is 6.07 Å². The maximum Gasteiger partial charge on any atom is 0.328 e. The zero-order valence-corrected chi connectivity index (χ0v) is 8.03. The third-order valence-corrected chi connectivity index (χ3v) is 2.18. The molecule has 0 saturated heterocycles. The van der Waals surface area contributed by atoms with E-state index in [2.05, 4.69) is 6.58 Å². The summed E-state index contributed by atoms with van der Waals surface area (Å²) in [6.07, 6.45) is 1.60. The van der Waals surface area contributed by atoms with Gasteiger partial charge in [-0.1, -0.05) is 36.9 Å². The number of carboxylic acid groups (broad SMARTS) is 1. The molecule has 3 heteroatoms. The molecule has 3 N–H and O–H groups in total. The van der Waals surface area contributed by atoms with Crippen molar-refractivity contribution in [2.45, 2.75) is 12.5 Å². The number of nitrogens with two attached hydrogens (primary N) is 1. The Hall–Kier alpha value is -1.61. The molecule has 1 atom stereocenters. The SMILES string of the molecule is C=Cc1ccccc1C(C)(N)C(=O)O. The summed E-state index contributed by atoms with van der Waals surface area (Å²) in [7, 11) is 0. The van der Waals surface area contributed by atoms with Gasteiger partial charge in [-0.2, -0.15) is 0 Å². The van der Waals surface area contributed by atoms with Crippen molar-refractivity contribution < 1.29 is 9.90 Å². The molecule has 1 aromatic carbocycles. The molecule has 0 saturated carbocycles. The molecule has 0 aromatic heterocycles. The molecule has 1 aromatic rings. The maximum absolute atomic E-state index is 10.9. The number of carboxylic acids is 1. The fraction of sp³-hybridized carbons (Fsp3) is 0.182. The van der Waals surface area contributed by atoms with Crippen LogP contribution in [-0.2, 0) is 10.3 Å². The Morgan fingerprint density at radius 1 is 1.57 bits per heavy atom. The van der Waals surface area contributed by atoms with Crippen LogP contribution in [0.25, 0.3) is 6.08 Å². The van der Waals surface area contributed by atoms with Gasteiger partial charge in [0.05, 0.1) is 0 Å². The largest absolute Gasteiger partial charge is 0.480 e. The van der Waals surface area contributed by atoms with Gasteiger partial charge in [0.25, 0.3) is 0 Å². The first-order valence-corrected chi connectivity index (χ1v) is 4.24. The van der Waals surface area contributed by atoms with Gasteiger partial charge in [-0.3, -0.25) is 0 Å². The van der Waals surface area contributed by atoms with Crippen molar-refractivity contribution in [3.63, 3.8) is 0 Å². The van der Waals surface area contributed by atoms with Gasteiger partial charge in [-0.25, -0.2) is 4.79 Å². The van der Waals surface area contributed by atoms with Gasteiger partial charge in [0.15, 0.2) is 0 Å². The summed E-state index contributed by atoms with van der Waals surface area (Å²) >= 11 is 0. The molecule has 0 bridgehead atoms. The molecule has 0 spiro atoms. The van der Waals surface area contributed by atoms with Crippen LogP contribution in [0, 0.1) is 0 Å². The number of aliphatic carboxylic acids is 1. The van der Waals surface area contributed by atoms with Crippen LogP contribution in [0.4, 0.5) is 0 Å². The molecule has 0 aliphatic rings. The summed E-state index contributed by atoms with van der Waals surface area (Å²) in [5.41, 5.74) is 5.66. The molecule has 0 aliphatic carbocycles. The van der Waals surface area contributed by atoms with Crippen molar-refractivity contribution >= 4 is 12.0 Å². The average molecular weight is 191 g/mol. The van der Waals surface area contributed by atoms with Crippen molar-refractivity contribution in [1.29, 1.82) is 0 Å². The fourth-order valence-electron chi connectivity index (χ4n) is 1.26. The van der Waals surface area contributed by atoms with E-state index in [9.17, 15) is 4.79 Å². The second-order valence-electron chi connectivity index (χ2n) is 3.30. The molecular formula is C11H13NO2. The lowest BCUT2D eigenvalue weighted by molar-refractivity contribution is -0.143. The first-order chi connectivity index (χ1) is 6.50. The summed E-state index contributed by atoms with van der Waals surface area (Å²) in [6, 6.07) is 7.07. The minimum atomic E-state index is -1.37. The highest BCUT2D eigenvalue weighted by molar-refractivity contribution is 5.81. The minimum absolute atomic E-state index is 0.572. The van der Waals surface area contributed by atoms with Crippen LogP contribution in [-0.4, -0.2) is 11.1 Å². The Bertz CT molecular complexity index is 369. The van der Waals surface area contributed by atoms with E-state index in [0.29, 0.717) is 5.56 Å². The van der Waals surface area contributed by atoms with Gasteiger partial charge < -0.3 is 10.8 Å². The predicted octanol–water partition coefficient (Wildman–Crippen LogP) is 1.59. The van der Waals surface area contributed by atoms with Gasteiger partial charge in [-0.05, 0) is 18.1 Å². The number of benzene rings is 1. The Morgan fingerprint density at radius 3 is 2.64 bits per heavy atom. The highest BCUT2D eigenvalue weighted by Gasteiger charge is 2.31. The lowest BCUT2D eigenvalue weighted by Gasteiger charge is -2.21. The monoisotopic (exact) mass is 191 g/mol. The Morgan fingerprint density at radius 2 is 2.14 bits per heavy atom. The lowest BCUT2D eigenvalue weighted by Crippen LogP contribution is -2.42. The molecular weight excluding hydrogens is 178 g/mol. The van der Waals surface area contributed by atoms with E-state index in [1.54, 1.807) is 24.3 Å². The Labute approximate surface area is 82.9 Å². The quantitative estimate of drug-likeness (QED) is 0.762. The summed E-state index contributed by atoms with van der Waals surface area (Å²) in [4.78, 5) is 10.9. The molecule has 74 valence electrons. The number of rotatable bonds is 3. The van der Waals surface area contributed by atoms with E-state index in [0.717, 1.165) is 5.56 Å². The van der Waals surface area contributed by atoms with Crippen LogP contribution in [0.1, 0.15) is 18.1 Å². The third-order valence-electron chi connectivity index (χ3n) is 2.18. The van der Waals surface area contributed by atoms with Crippen molar-refractivity contribution in [3.05, 3.63) is 42.0 Å². The minimum Gasteiger partial charge on any atom is -0.480 e. The zero-order chi connectivity index (χ0) is 10.8.